The molecule has 12 rings (SSSR count). The molecular weight excluding hydrogens is 691 g/mol. The van der Waals surface area contributed by atoms with Crippen molar-refractivity contribution >= 4 is 65.4 Å². The molecule has 57 heavy (non-hydrogen) atoms. The fourth-order valence-electron chi connectivity index (χ4n) is 7.22. The molecule has 12 aromatic rings. The third-order valence-corrected chi connectivity index (χ3v) is 9.59. The van der Waals surface area contributed by atoms with Gasteiger partial charge in [0.25, 0.3) is 0 Å². The molecule has 0 unspecified atom stereocenters. The number of para-hydroxylation sites is 4. The lowest BCUT2D eigenvalue weighted by atomic mass is 10.00. The van der Waals surface area contributed by atoms with Crippen LogP contribution in [0.4, 0.5) is 0 Å². The predicted octanol–water partition coefficient (Wildman–Crippen LogP) is 14.3. The minimum atomic E-state index is -1.03. The van der Waals surface area contributed by atoms with Crippen LogP contribution in [0.3, 0.4) is 0 Å². The van der Waals surface area contributed by atoms with E-state index in [0.717, 1.165) is 13.7 Å². The molecule has 0 atom stereocenters. The van der Waals surface area contributed by atoms with E-state index in [0.29, 0.717) is 0 Å². The Hall–Kier alpha value is -7.62. The van der Waals surface area contributed by atoms with E-state index in [-0.39, 0.29) is 11.3 Å². The van der Waals surface area contributed by atoms with Gasteiger partial charge in [-0.3, -0.25) is 0 Å². The van der Waals surface area contributed by atoms with Gasteiger partial charge in [-0.05, 0) is 82.7 Å². The molecule has 0 N–H and O–H groups in total. The zero-order valence-corrected chi connectivity index (χ0v) is 28.7. The molecule has 0 aliphatic rings. The molecule has 0 fully saturated rings. The molecule has 0 saturated heterocycles. The summed E-state index contributed by atoms with van der Waals surface area (Å²) in [5.74, 6) is 0. The van der Waals surface area contributed by atoms with Gasteiger partial charge in [0.2, 0.25) is 0 Å². The number of fused-ring (bicyclic) bond motifs is 9. The van der Waals surface area contributed by atoms with E-state index in [1.807, 2.05) is 0 Å². The van der Waals surface area contributed by atoms with Crippen LogP contribution in [-0.4, -0.2) is 13.7 Å². The summed E-state index contributed by atoms with van der Waals surface area (Å²) in [4.78, 5) is 0. The van der Waals surface area contributed by atoms with Gasteiger partial charge in [-0.1, -0.05) is 151 Å². The van der Waals surface area contributed by atoms with E-state index in [4.69, 9.17) is 23.3 Å². The number of hydrogen-bond acceptors (Lipinski definition) is 0. The van der Waals surface area contributed by atoms with Crippen molar-refractivity contribution in [1.29, 1.82) is 0 Å². The molecule has 3 aromatic heterocycles. The molecule has 3 heterocycles. The van der Waals surface area contributed by atoms with E-state index < -0.39 is 281 Å². The van der Waals surface area contributed by atoms with Gasteiger partial charge in [0.15, 0.2) is 0 Å². The van der Waals surface area contributed by atoms with Crippen LogP contribution in [0.15, 0.2) is 212 Å². The maximum atomic E-state index is 10.3. The summed E-state index contributed by atoms with van der Waals surface area (Å²) in [5, 5.41) is -3.12. The molecule has 3 nitrogen and oxygen atoms in total. The summed E-state index contributed by atoms with van der Waals surface area (Å²) in [6.07, 6.45) is 0. The number of rotatable bonds is 5. The Bertz CT molecular complexity index is 5210. The summed E-state index contributed by atoms with van der Waals surface area (Å²) in [6.45, 7) is 0. The van der Waals surface area contributed by atoms with Crippen molar-refractivity contribution in [3.05, 3.63) is 212 Å². The van der Waals surface area contributed by atoms with E-state index >= 15 is 0 Å². The minimum Gasteiger partial charge on any atom is -0.309 e. The van der Waals surface area contributed by atoms with Gasteiger partial charge in [-0.15, -0.1) is 0 Å². The van der Waals surface area contributed by atoms with E-state index in [1.54, 1.807) is 0 Å². The van der Waals surface area contributed by atoms with Crippen molar-refractivity contribution in [3.63, 3.8) is 0 Å². The van der Waals surface area contributed by atoms with Gasteiger partial charge in [0.05, 0.1) is 81.3 Å². The lowest BCUT2D eigenvalue weighted by Crippen LogP contribution is -1.98. The van der Waals surface area contributed by atoms with Crippen molar-refractivity contribution in [3.8, 4) is 39.3 Å². The second kappa shape index (κ2) is 12.5. The monoisotopic (exact) mass is 756 g/mol. The minimum absolute atomic E-state index is 0.133. The smallest absolute Gasteiger partial charge is 0.0667 e. The molecule has 3 heteroatoms. The summed E-state index contributed by atoms with van der Waals surface area (Å²) in [6, 6.07) is -21.5. The number of hydrogen-bond donors (Lipinski definition) is 0. The third kappa shape index (κ3) is 4.79. The standard InChI is InChI=1S/C54H35N3/c1-2-14-36(15-3-1)37-28-30-38(31-29-37)39-16-12-17-40(34-39)56-47-22-8-4-20-44(47)45-33-32-41(35-53(45)56)55-50-25-11-7-21-46(50)54-51(55)26-13-27-52(54)57-48-23-9-5-18-42(48)43-19-6-10-24-49(43)57/h1-35H/i1D,2D,3D,4D,5D,6D,7D,8D,9D,10D,11D,13D,14D,15D,18D,19D,20D,21D,22D,23D,24D,25D,26D,27D,28D,29D,30D,31D,32D,33D,35D. The maximum absolute atomic E-state index is 10.3. The maximum Gasteiger partial charge on any atom is 0.0667 e. The zero-order chi connectivity index (χ0) is 64.4. The van der Waals surface area contributed by atoms with Gasteiger partial charge in [0, 0.05) is 43.7 Å². The molecule has 0 aliphatic carbocycles. The highest BCUT2D eigenvalue weighted by molar-refractivity contribution is 6.17. The van der Waals surface area contributed by atoms with Crippen molar-refractivity contribution in [1.82, 2.24) is 13.7 Å². The topological polar surface area (TPSA) is 14.8 Å². The van der Waals surface area contributed by atoms with Crippen molar-refractivity contribution in [2.24, 2.45) is 0 Å². The van der Waals surface area contributed by atoms with Crippen molar-refractivity contribution < 1.29 is 42.5 Å². The molecular formula is C54H35N3. The zero-order valence-electron chi connectivity index (χ0n) is 59.7. The van der Waals surface area contributed by atoms with Crippen LogP contribution < -0.4 is 0 Å². The fraction of sp³-hybridized carbons (Fsp3) is 0. The Kier molecular flexibility index (Phi) is 3.02. The summed E-state index contributed by atoms with van der Waals surface area (Å²) >= 11 is 0. The normalized spacial score (nSPS) is 19.5. The molecule has 0 radical (unpaired) electrons. The van der Waals surface area contributed by atoms with E-state index in [2.05, 4.69) is 0 Å². The van der Waals surface area contributed by atoms with Crippen LogP contribution >= 0.6 is 0 Å². The van der Waals surface area contributed by atoms with Crippen molar-refractivity contribution in [2.45, 2.75) is 0 Å². The first-order valence-corrected chi connectivity index (χ1v) is 17.1. The molecule has 9 aromatic carbocycles. The van der Waals surface area contributed by atoms with Crippen LogP contribution in [0.2, 0.25) is 0 Å². The van der Waals surface area contributed by atoms with Gasteiger partial charge >= 0.3 is 0 Å². The average molecular weight is 757 g/mol. The molecule has 0 bridgehead atoms. The molecule has 0 spiro atoms. The lowest BCUT2D eigenvalue weighted by molar-refractivity contribution is 1.15. The number of benzene rings is 9. The first-order chi connectivity index (χ1) is 41.2. The summed E-state index contributed by atoms with van der Waals surface area (Å²) in [7, 11) is 0. The highest BCUT2D eigenvalue weighted by Gasteiger charge is 2.21. The summed E-state index contributed by atoms with van der Waals surface area (Å²) in [5.41, 5.74) is -7.06. The predicted molar refractivity (Wildman–Crippen MR) is 240 cm³/mol. The second-order valence-corrected chi connectivity index (χ2v) is 12.6. The van der Waals surface area contributed by atoms with Crippen LogP contribution in [0.1, 0.15) is 42.5 Å². The molecule has 266 valence electrons. The van der Waals surface area contributed by atoms with Crippen LogP contribution in [0, 0.1) is 0 Å². The van der Waals surface area contributed by atoms with Crippen molar-refractivity contribution in [2.75, 3.05) is 0 Å². The van der Waals surface area contributed by atoms with E-state index in [9.17, 15) is 19.2 Å². The van der Waals surface area contributed by atoms with Gasteiger partial charge < -0.3 is 13.7 Å². The van der Waals surface area contributed by atoms with Gasteiger partial charge in [-0.2, -0.15) is 0 Å². The Morgan fingerprint density at radius 3 is 1.47 bits per heavy atom. The Balaban J connectivity index is 1.27. The van der Waals surface area contributed by atoms with Crippen LogP contribution in [0.25, 0.3) is 105 Å². The highest BCUT2D eigenvalue weighted by Crippen LogP contribution is 2.41. The molecule has 0 saturated carbocycles. The Morgan fingerprint density at radius 2 is 0.807 bits per heavy atom. The Labute approximate surface area is 373 Å². The van der Waals surface area contributed by atoms with Gasteiger partial charge in [-0.25, -0.2) is 0 Å². The lowest BCUT2D eigenvalue weighted by Gasteiger charge is -2.13. The SMILES string of the molecule is [2H]c1c([2H])c([2H])c(-c2c([2H])c([2H])c(-c3cccc(-n4c5c([2H])c([2H])c([2H])c([2H])c5c5c([2H])c([2H])c(-n6c7c([2H])c([2H])c([2H])c([2H])c7c7c(-n8c9c([2H])c([2H])c([2H])c([2H])c9c9c([2H])c([2H])c([2H])c([2H])c98)c([2H])c([2H])c([2H])c76)c([2H])c54)c3)c([2H])c2[2H])c([2H])c1[2H]. The van der Waals surface area contributed by atoms with Crippen LogP contribution in [-0.2, 0) is 0 Å². The third-order valence-electron chi connectivity index (χ3n) is 9.59. The quantitative estimate of drug-likeness (QED) is 0.166. The summed E-state index contributed by atoms with van der Waals surface area (Å²) < 4.78 is 284. The number of nitrogens with zero attached hydrogens (tertiary/aromatic N) is 3. The molecule has 0 aliphatic heterocycles. The van der Waals surface area contributed by atoms with Gasteiger partial charge in [0.1, 0.15) is 0 Å². The highest BCUT2D eigenvalue weighted by atomic mass is 15.0. The first-order valence-electron chi connectivity index (χ1n) is 32.6. The fourth-order valence-corrected chi connectivity index (χ4v) is 7.22. The second-order valence-electron chi connectivity index (χ2n) is 12.6. The Morgan fingerprint density at radius 1 is 0.316 bits per heavy atom. The largest absolute Gasteiger partial charge is 0.309 e. The first kappa shape index (κ1) is 13.8. The van der Waals surface area contributed by atoms with E-state index in [1.165, 1.54) is 24.3 Å². The van der Waals surface area contributed by atoms with Crippen LogP contribution in [0.5, 0.6) is 0 Å². The average Bonchev–Trinajstić information content (AvgIpc) is 1.58. The number of aromatic nitrogens is 3. The molecule has 0 amide bonds.